The molecule has 1 heterocycles. The molecule has 0 saturated heterocycles. The van der Waals surface area contributed by atoms with Gasteiger partial charge in [0.15, 0.2) is 5.82 Å². The maximum atomic E-state index is 5.32. The first kappa shape index (κ1) is 13.2. The van der Waals surface area contributed by atoms with Crippen LogP contribution >= 0.6 is 15.9 Å². The summed E-state index contributed by atoms with van der Waals surface area (Å²) in [6, 6.07) is 0. The molecule has 0 aromatic carbocycles. The van der Waals surface area contributed by atoms with E-state index in [1.165, 1.54) is 25.6 Å². The number of halogens is 1. The molecule has 0 atom stereocenters. The number of nitrogens with two attached hydrogens (primary N) is 1. The van der Waals surface area contributed by atoms with Gasteiger partial charge in [-0.25, -0.2) is 15.8 Å². The van der Waals surface area contributed by atoms with Gasteiger partial charge >= 0.3 is 0 Å². The quantitative estimate of drug-likeness (QED) is 0.408. The lowest BCUT2D eigenvalue weighted by Gasteiger charge is -2.09. The number of unbranched alkanes of at least 4 members (excludes halogenated alkanes) is 3. The number of nitrogens with zero attached hydrogens (tertiary/aromatic N) is 2. The van der Waals surface area contributed by atoms with Crippen LogP contribution in [-0.2, 0) is 0 Å². The number of anilines is 2. The van der Waals surface area contributed by atoms with E-state index in [9.17, 15) is 0 Å². The Morgan fingerprint density at radius 3 is 2.69 bits per heavy atom. The highest BCUT2D eigenvalue weighted by atomic mass is 79.9. The highest BCUT2D eigenvalue weighted by Crippen LogP contribution is 2.25. The second-order valence-corrected chi connectivity index (χ2v) is 4.31. The summed E-state index contributed by atoms with van der Waals surface area (Å²) in [6.07, 6.45) is 6.40. The molecule has 0 aliphatic rings. The fourth-order valence-electron chi connectivity index (χ4n) is 1.35. The molecular weight excluding hydrogens is 270 g/mol. The Balaban J connectivity index is 2.41. The van der Waals surface area contributed by atoms with Gasteiger partial charge in [-0.3, -0.25) is 0 Å². The van der Waals surface area contributed by atoms with Crippen LogP contribution in [0.2, 0.25) is 0 Å². The van der Waals surface area contributed by atoms with Crippen molar-refractivity contribution in [2.75, 3.05) is 17.3 Å². The predicted molar refractivity (Wildman–Crippen MR) is 70.2 cm³/mol. The van der Waals surface area contributed by atoms with Gasteiger partial charge in [0.2, 0.25) is 0 Å². The molecule has 0 bridgehead atoms. The van der Waals surface area contributed by atoms with E-state index in [-0.39, 0.29) is 0 Å². The van der Waals surface area contributed by atoms with E-state index in [0.717, 1.165) is 23.3 Å². The Labute approximate surface area is 104 Å². The van der Waals surface area contributed by atoms with Crippen molar-refractivity contribution in [1.82, 2.24) is 9.97 Å². The van der Waals surface area contributed by atoms with Crippen LogP contribution in [0.5, 0.6) is 0 Å². The number of nitrogen functional groups attached to an aromatic ring is 1. The highest BCUT2D eigenvalue weighted by molar-refractivity contribution is 9.10. The minimum atomic E-state index is 0.589. The van der Waals surface area contributed by atoms with Gasteiger partial charge in [-0.15, -0.1) is 0 Å². The number of rotatable bonds is 7. The van der Waals surface area contributed by atoms with Crippen LogP contribution in [0, 0.1) is 0 Å². The molecule has 1 aromatic rings. The van der Waals surface area contributed by atoms with Crippen LogP contribution in [0.15, 0.2) is 10.8 Å². The number of aromatic nitrogens is 2. The standard InChI is InChI=1S/C10H18BrN5/c1-2-3-4-5-6-13-9-8(11)10(16-12)15-7-14-9/h7H,2-6,12H2,1H3,(H2,13,14,15,16). The lowest BCUT2D eigenvalue weighted by atomic mass is 10.2. The zero-order valence-electron chi connectivity index (χ0n) is 9.46. The first-order valence-electron chi connectivity index (χ1n) is 5.50. The maximum absolute atomic E-state index is 5.32. The molecule has 0 spiro atoms. The molecular formula is C10H18BrN5. The normalized spacial score (nSPS) is 10.2. The van der Waals surface area contributed by atoms with Crippen molar-refractivity contribution in [1.29, 1.82) is 0 Å². The van der Waals surface area contributed by atoms with Gasteiger partial charge in [0, 0.05) is 6.54 Å². The fraction of sp³-hybridized carbons (Fsp3) is 0.600. The Hall–Kier alpha value is -0.880. The second kappa shape index (κ2) is 7.40. The summed E-state index contributed by atoms with van der Waals surface area (Å²) < 4.78 is 0.771. The molecule has 1 aromatic heterocycles. The fourth-order valence-corrected chi connectivity index (χ4v) is 1.81. The Kier molecular flexibility index (Phi) is 6.10. The molecule has 5 nitrogen and oxygen atoms in total. The first-order valence-corrected chi connectivity index (χ1v) is 6.29. The molecule has 0 radical (unpaired) electrons. The van der Waals surface area contributed by atoms with Gasteiger partial charge in [-0.2, -0.15) is 0 Å². The van der Waals surface area contributed by atoms with Crippen molar-refractivity contribution in [2.24, 2.45) is 5.84 Å². The average molecular weight is 288 g/mol. The summed E-state index contributed by atoms with van der Waals surface area (Å²) in [5.74, 6) is 6.68. The van der Waals surface area contributed by atoms with Crippen molar-refractivity contribution in [3.05, 3.63) is 10.8 Å². The largest absolute Gasteiger partial charge is 0.369 e. The van der Waals surface area contributed by atoms with E-state index in [2.05, 4.69) is 43.6 Å². The van der Waals surface area contributed by atoms with Crippen LogP contribution in [0.25, 0.3) is 0 Å². The van der Waals surface area contributed by atoms with Crippen molar-refractivity contribution in [3.63, 3.8) is 0 Å². The van der Waals surface area contributed by atoms with E-state index in [1.54, 1.807) is 0 Å². The van der Waals surface area contributed by atoms with E-state index in [1.807, 2.05) is 0 Å². The van der Waals surface area contributed by atoms with E-state index in [0.29, 0.717) is 5.82 Å². The Morgan fingerprint density at radius 1 is 1.25 bits per heavy atom. The minimum Gasteiger partial charge on any atom is -0.369 e. The van der Waals surface area contributed by atoms with Gasteiger partial charge in [0.25, 0.3) is 0 Å². The zero-order valence-corrected chi connectivity index (χ0v) is 11.0. The number of nitrogens with one attached hydrogen (secondary N) is 2. The summed E-state index contributed by atoms with van der Waals surface area (Å²) in [6.45, 7) is 3.12. The summed E-state index contributed by atoms with van der Waals surface area (Å²) in [5.41, 5.74) is 2.51. The number of hydrazine groups is 1. The monoisotopic (exact) mass is 287 g/mol. The maximum Gasteiger partial charge on any atom is 0.159 e. The second-order valence-electron chi connectivity index (χ2n) is 3.52. The van der Waals surface area contributed by atoms with Crippen molar-refractivity contribution < 1.29 is 0 Å². The third-order valence-electron chi connectivity index (χ3n) is 2.25. The molecule has 0 aliphatic heterocycles. The predicted octanol–water partition coefficient (Wildman–Crippen LogP) is 2.52. The lowest BCUT2D eigenvalue weighted by molar-refractivity contribution is 0.684. The van der Waals surface area contributed by atoms with Crippen molar-refractivity contribution in [2.45, 2.75) is 32.6 Å². The lowest BCUT2D eigenvalue weighted by Crippen LogP contribution is -2.11. The van der Waals surface area contributed by atoms with Crippen LogP contribution < -0.4 is 16.6 Å². The highest BCUT2D eigenvalue weighted by Gasteiger charge is 2.06. The van der Waals surface area contributed by atoms with Gasteiger partial charge < -0.3 is 10.7 Å². The van der Waals surface area contributed by atoms with Crippen LogP contribution in [0.1, 0.15) is 32.6 Å². The summed E-state index contributed by atoms with van der Waals surface area (Å²) in [7, 11) is 0. The molecule has 0 aliphatic carbocycles. The van der Waals surface area contributed by atoms with Crippen LogP contribution in [0.3, 0.4) is 0 Å². The third kappa shape index (κ3) is 3.94. The topological polar surface area (TPSA) is 75.9 Å². The summed E-state index contributed by atoms with van der Waals surface area (Å²) in [5, 5.41) is 3.25. The van der Waals surface area contributed by atoms with E-state index >= 15 is 0 Å². The summed E-state index contributed by atoms with van der Waals surface area (Å²) in [4.78, 5) is 8.12. The van der Waals surface area contributed by atoms with Gasteiger partial charge in [-0.05, 0) is 22.4 Å². The van der Waals surface area contributed by atoms with Gasteiger partial charge in [0.1, 0.15) is 16.6 Å². The van der Waals surface area contributed by atoms with E-state index < -0.39 is 0 Å². The van der Waals surface area contributed by atoms with Crippen LogP contribution in [0.4, 0.5) is 11.6 Å². The number of hydrogen-bond donors (Lipinski definition) is 3. The molecule has 6 heteroatoms. The molecule has 0 unspecified atom stereocenters. The first-order chi connectivity index (χ1) is 7.79. The Morgan fingerprint density at radius 2 is 2.00 bits per heavy atom. The molecule has 0 amide bonds. The molecule has 0 fully saturated rings. The molecule has 0 saturated carbocycles. The SMILES string of the molecule is CCCCCCNc1ncnc(NN)c1Br. The number of hydrogen-bond acceptors (Lipinski definition) is 5. The molecule has 16 heavy (non-hydrogen) atoms. The summed E-state index contributed by atoms with van der Waals surface area (Å²) >= 11 is 3.39. The van der Waals surface area contributed by atoms with E-state index in [4.69, 9.17) is 5.84 Å². The Bertz CT molecular complexity index is 318. The molecule has 90 valence electrons. The third-order valence-corrected chi connectivity index (χ3v) is 3.00. The zero-order chi connectivity index (χ0) is 11.8. The molecule has 4 N–H and O–H groups in total. The van der Waals surface area contributed by atoms with Crippen LogP contribution in [-0.4, -0.2) is 16.5 Å². The minimum absolute atomic E-state index is 0.589. The average Bonchev–Trinajstić information content (AvgIpc) is 2.31. The van der Waals surface area contributed by atoms with Gasteiger partial charge in [0.05, 0.1) is 0 Å². The van der Waals surface area contributed by atoms with Crippen molar-refractivity contribution in [3.8, 4) is 0 Å². The molecule has 1 rings (SSSR count). The smallest absolute Gasteiger partial charge is 0.159 e. The van der Waals surface area contributed by atoms with Gasteiger partial charge in [-0.1, -0.05) is 26.2 Å². The van der Waals surface area contributed by atoms with Crippen molar-refractivity contribution >= 4 is 27.6 Å².